The second-order valence-electron chi connectivity index (χ2n) is 11.9. The molecule has 3 rings (SSSR count). The number of aromatic nitrogens is 1. The van der Waals surface area contributed by atoms with Crippen LogP contribution in [0.25, 0.3) is 21.8 Å². The number of fused-ring (bicyclic) bond motifs is 2. The molecule has 1 aromatic heterocycles. The van der Waals surface area contributed by atoms with E-state index in [1.165, 1.54) is 74.8 Å². The van der Waals surface area contributed by atoms with E-state index < -0.39 is 18.4 Å². The van der Waals surface area contributed by atoms with Crippen LogP contribution in [0.2, 0.25) is 13.3 Å². The zero-order valence-electron chi connectivity index (χ0n) is 26.7. The molecule has 40 heavy (non-hydrogen) atoms. The first kappa shape index (κ1) is 33.0. The Morgan fingerprint density at radius 2 is 1.45 bits per heavy atom. The van der Waals surface area contributed by atoms with E-state index in [1.807, 2.05) is 0 Å². The summed E-state index contributed by atoms with van der Waals surface area (Å²) in [5.74, 6) is 0.886. The summed E-state index contributed by atoms with van der Waals surface area (Å²) in [6.45, 7) is 17.3. The molecule has 0 aliphatic rings. The van der Waals surface area contributed by atoms with Gasteiger partial charge in [-0.25, -0.2) is 0 Å². The summed E-state index contributed by atoms with van der Waals surface area (Å²) in [5, 5.41) is 6.36. The van der Waals surface area contributed by atoms with Crippen LogP contribution < -0.4 is 13.6 Å². The van der Waals surface area contributed by atoms with Crippen LogP contribution in [0.1, 0.15) is 92.9 Å². The number of unbranched alkanes of at least 4 members (excludes halogenated alkanes) is 3. The molecule has 4 nitrogen and oxygen atoms in total. The van der Waals surface area contributed by atoms with Gasteiger partial charge in [-0.1, -0.05) is 13.8 Å². The van der Waals surface area contributed by atoms with Crippen LogP contribution in [0.3, 0.4) is 0 Å². The average molecular weight is 655 g/mol. The number of rotatable bonds is 19. The number of hydrogen-bond donors (Lipinski definition) is 1. The Balaban J connectivity index is 2.07. The first-order valence-electron chi connectivity index (χ1n) is 16.4. The van der Waals surface area contributed by atoms with Gasteiger partial charge in [0.2, 0.25) is 0 Å². The quantitative estimate of drug-likeness (QED) is 0.103. The molecule has 3 aromatic rings. The van der Waals surface area contributed by atoms with E-state index in [2.05, 4.69) is 88.2 Å². The zero-order chi connectivity index (χ0) is 29.0. The van der Waals surface area contributed by atoms with Crippen LogP contribution in [-0.2, 0) is 0 Å². The Morgan fingerprint density at radius 3 is 2.02 bits per heavy atom. The summed E-state index contributed by atoms with van der Waals surface area (Å²) in [6, 6.07) is 14.2. The number of anilines is 1. The van der Waals surface area contributed by atoms with Gasteiger partial charge in [0.1, 0.15) is 0 Å². The van der Waals surface area contributed by atoms with E-state index >= 15 is 0 Å². The van der Waals surface area contributed by atoms with E-state index in [0.717, 1.165) is 42.7 Å². The van der Waals surface area contributed by atoms with Crippen molar-refractivity contribution >= 4 is 49.4 Å². The topological polar surface area (TPSA) is 37.4 Å². The van der Waals surface area contributed by atoms with Crippen LogP contribution in [0.15, 0.2) is 36.4 Å². The number of nitrogens with one attached hydrogen (secondary N) is 1. The molecule has 0 fully saturated rings. The molecule has 0 aliphatic heterocycles. The number of pyridine rings is 1. The van der Waals surface area contributed by atoms with Gasteiger partial charge in [-0.3, -0.25) is 0 Å². The summed E-state index contributed by atoms with van der Waals surface area (Å²) < 4.78 is 11.8. The predicted octanol–water partition coefficient (Wildman–Crippen LogP) is 9.38. The van der Waals surface area contributed by atoms with Crippen LogP contribution in [0, 0.1) is 0 Å². The molecular weight excluding hydrogens is 597 g/mol. The summed E-state index contributed by atoms with van der Waals surface area (Å²) >= 11 is -2.55. The summed E-state index contributed by atoms with van der Waals surface area (Å²) in [4.78, 5) is 7.79. The van der Waals surface area contributed by atoms with Crippen molar-refractivity contribution < 1.29 is 4.74 Å². The van der Waals surface area contributed by atoms with E-state index in [0.29, 0.717) is 6.04 Å². The minimum absolute atomic E-state index is 0.382. The standard InChI is InChI=1S/C23H30N3O.3C4H9.Sn/c1-5-26(6-2)15-9-10-17(3)24-23-19-11-7-8-12-21(19)25-22-14-13-18(27-4)16-20(22)23;3*1-3-4-2;/h7,11-14,16-17H,5-6,9-10,15H2,1-4H3,(H,24,25);3*1,3-4H2,2H3;. The van der Waals surface area contributed by atoms with Gasteiger partial charge in [0.05, 0.1) is 0 Å². The van der Waals surface area contributed by atoms with Crippen molar-refractivity contribution in [3.05, 3.63) is 36.4 Å². The maximum absolute atomic E-state index is 5.63. The van der Waals surface area contributed by atoms with E-state index in [9.17, 15) is 0 Å². The van der Waals surface area contributed by atoms with Crippen molar-refractivity contribution in [3.8, 4) is 5.75 Å². The van der Waals surface area contributed by atoms with Gasteiger partial charge in [0.15, 0.2) is 0 Å². The Hall–Kier alpha value is -1.53. The van der Waals surface area contributed by atoms with Crippen LogP contribution in [0.5, 0.6) is 5.75 Å². The molecule has 0 radical (unpaired) electrons. The van der Waals surface area contributed by atoms with Gasteiger partial charge in [-0.05, 0) is 0 Å². The van der Waals surface area contributed by atoms with Gasteiger partial charge in [0.25, 0.3) is 0 Å². The molecule has 0 aliphatic carbocycles. The molecule has 0 saturated carbocycles. The molecule has 1 N–H and O–H groups in total. The van der Waals surface area contributed by atoms with Crippen molar-refractivity contribution in [1.29, 1.82) is 0 Å². The third kappa shape index (κ3) is 8.50. The number of benzene rings is 2. The molecule has 1 unspecified atom stereocenters. The summed E-state index contributed by atoms with van der Waals surface area (Å²) in [6.07, 6.45) is 10.4. The first-order valence-corrected chi connectivity index (χ1v) is 23.8. The van der Waals surface area contributed by atoms with Gasteiger partial charge in [-0.2, -0.15) is 0 Å². The van der Waals surface area contributed by atoms with Gasteiger partial charge >= 0.3 is 237 Å². The third-order valence-electron chi connectivity index (χ3n) is 9.02. The monoisotopic (exact) mass is 655 g/mol. The maximum atomic E-state index is 5.63. The van der Waals surface area contributed by atoms with Crippen molar-refractivity contribution in [2.75, 3.05) is 32.1 Å². The minimum atomic E-state index is -2.55. The molecule has 0 bridgehead atoms. The second-order valence-corrected chi connectivity index (χ2v) is 25.1. The summed E-state index contributed by atoms with van der Waals surface area (Å²) in [7, 11) is 1.75. The van der Waals surface area contributed by atoms with Gasteiger partial charge in [0, 0.05) is 0 Å². The number of hydrogen-bond acceptors (Lipinski definition) is 4. The Bertz CT molecular complexity index is 1150. The zero-order valence-corrected chi connectivity index (χ0v) is 29.6. The molecule has 2 aromatic carbocycles. The van der Waals surface area contributed by atoms with Crippen molar-refractivity contribution in [1.82, 2.24) is 9.88 Å². The van der Waals surface area contributed by atoms with Crippen molar-refractivity contribution in [3.63, 3.8) is 0 Å². The SMILES string of the molecule is CCC[CH2][Sn]([CH2]CCC)([CH2]CCC)[c]1ccc2c(NC(C)CCCN(CC)CC)c3cc(OC)ccc3nc2c1. The van der Waals surface area contributed by atoms with Gasteiger partial charge < -0.3 is 0 Å². The second kappa shape index (κ2) is 16.8. The molecule has 1 heterocycles. The van der Waals surface area contributed by atoms with Crippen molar-refractivity contribution in [2.45, 2.75) is 112 Å². The molecule has 0 spiro atoms. The molecular formula is C35H57N3OSn. The fourth-order valence-electron chi connectivity index (χ4n) is 6.37. The van der Waals surface area contributed by atoms with E-state index in [1.54, 1.807) is 10.7 Å². The van der Waals surface area contributed by atoms with Gasteiger partial charge in [-0.15, -0.1) is 0 Å². The molecule has 1 atom stereocenters. The molecule has 222 valence electrons. The van der Waals surface area contributed by atoms with Crippen LogP contribution >= 0.6 is 0 Å². The fourth-order valence-corrected chi connectivity index (χ4v) is 22.3. The number of ether oxygens (including phenoxy) is 1. The Kier molecular flexibility index (Phi) is 13.8. The predicted molar refractivity (Wildman–Crippen MR) is 180 cm³/mol. The van der Waals surface area contributed by atoms with E-state index in [4.69, 9.17) is 9.72 Å². The van der Waals surface area contributed by atoms with Crippen LogP contribution in [-0.4, -0.2) is 61.0 Å². The molecule has 5 heteroatoms. The summed E-state index contributed by atoms with van der Waals surface area (Å²) in [5.41, 5.74) is 3.44. The Labute approximate surface area is 249 Å². The van der Waals surface area contributed by atoms with E-state index in [-0.39, 0.29) is 0 Å². The normalized spacial score (nSPS) is 12.9. The molecule has 0 saturated heterocycles. The number of nitrogens with zero attached hydrogens (tertiary/aromatic N) is 2. The fraction of sp³-hybridized carbons (Fsp3) is 0.629. The average Bonchev–Trinajstić information content (AvgIpc) is 2.98. The third-order valence-corrected chi connectivity index (χ3v) is 24.6. The van der Waals surface area contributed by atoms with Crippen molar-refractivity contribution in [2.24, 2.45) is 0 Å². The molecule has 0 amide bonds. The Morgan fingerprint density at radius 1 is 0.800 bits per heavy atom. The van der Waals surface area contributed by atoms with Crippen LogP contribution in [0.4, 0.5) is 5.69 Å². The first-order chi connectivity index (χ1) is 19.4. The number of methoxy groups -OCH3 is 1.